The maximum Gasteiger partial charge on any atom is 0.197 e. The first-order valence-corrected chi connectivity index (χ1v) is 10.9. The Morgan fingerprint density at radius 1 is 0.690 bits per heavy atom. The van der Waals surface area contributed by atoms with E-state index in [4.69, 9.17) is 18.9 Å². The molecule has 4 heteroatoms. The van der Waals surface area contributed by atoms with Crippen LogP contribution in [0.2, 0.25) is 0 Å². The van der Waals surface area contributed by atoms with Gasteiger partial charge in [-0.05, 0) is 67.6 Å². The monoisotopic (exact) mass is 400 g/mol. The van der Waals surface area contributed by atoms with Gasteiger partial charge in [0.25, 0.3) is 0 Å². The minimum atomic E-state index is -0.327. The fraction of sp³-hybridized carbons (Fsp3) is 0.520. The van der Waals surface area contributed by atoms with Crippen LogP contribution in [-0.2, 0) is 4.74 Å². The van der Waals surface area contributed by atoms with Gasteiger partial charge in [-0.25, -0.2) is 0 Å². The van der Waals surface area contributed by atoms with E-state index in [2.05, 4.69) is 32.9 Å². The highest BCUT2D eigenvalue weighted by Crippen LogP contribution is 2.22. The SMILES string of the molecule is CCCCCOc1ccc(OCCOC(C)Oc2ccc(C(C)CC)cc2)cc1. The fourth-order valence-electron chi connectivity index (χ4n) is 2.88. The van der Waals surface area contributed by atoms with Crippen LogP contribution in [0.4, 0.5) is 0 Å². The predicted molar refractivity (Wildman–Crippen MR) is 118 cm³/mol. The van der Waals surface area contributed by atoms with Crippen LogP contribution >= 0.6 is 0 Å². The minimum absolute atomic E-state index is 0.327. The molecule has 2 atom stereocenters. The van der Waals surface area contributed by atoms with Crippen LogP contribution in [0.5, 0.6) is 17.2 Å². The molecular weight excluding hydrogens is 364 g/mol. The van der Waals surface area contributed by atoms with Crippen LogP contribution in [-0.4, -0.2) is 26.1 Å². The summed E-state index contributed by atoms with van der Waals surface area (Å²) in [5.41, 5.74) is 1.33. The van der Waals surface area contributed by atoms with Crippen molar-refractivity contribution in [2.75, 3.05) is 19.8 Å². The van der Waals surface area contributed by atoms with E-state index in [-0.39, 0.29) is 6.29 Å². The maximum atomic E-state index is 5.81. The predicted octanol–water partition coefficient (Wildman–Crippen LogP) is 6.59. The standard InChI is InChI=1S/C25H36O4/c1-5-7-8-17-27-23-13-15-24(16-14-23)28-19-18-26-21(4)29-25-11-9-22(10-12-25)20(3)6-2/h9-16,20-21H,5-8,17-19H2,1-4H3. The van der Waals surface area contributed by atoms with Crippen LogP contribution in [0.15, 0.2) is 48.5 Å². The van der Waals surface area contributed by atoms with Crippen molar-refractivity contribution in [2.24, 2.45) is 0 Å². The van der Waals surface area contributed by atoms with E-state index in [1.54, 1.807) is 0 Å². The second kappa shape index (κ2) is 13.1. The van der Waals surface area contributed by atoms with E-state index in [1.807, 2.05) is 43.3 Å². The van der Waals surface area contributed by atoms with Gasteiger partial charge in [0.05, 0.1) is 13.2 Å². The lowest BCUT2D eigenvalue weighted by molar-refractivity contribution is -0.0739. The first-order valence-electron chi connectivity index (χ1n) is 10.9. The summed E-state index contributed by atoms with van der Waals surface area (Å²) in [6.07, 6.45) is 4.30. The van der Waals surface area contributed by atoms with E-state index in [1.165, 1.54) is 18.4 Å². The zero-order valence-corrected chi connectivity index (χ0v) is 18.4. The lowest BCUT2D eigenvalue weighted by atomic mass is 9.99. The van der Waals surface area contributed by atoms with E-state index in [9.17, 15) is 0 Å². The van der Waals surface area contributed by atoms with E-state index < -0.39 is 0 Å². The van der Waals surface area contributed by atoms with E-state index in [0.29, 0.717) is 19.1 Å². The normalized spacial score (nSPS) is 13.0. The van der Waals surface area contributed by atoms with Gasteiger partial charge in [-0.2, -0.15) is 0 Å². The van der Waals surface area contributed by atoms with Crippen LogP contribution in [0.25, 0.3) is 0 Å². The molecule has 2 aromatic carbocycles. The molecule has 0 saturated heterocycles. The maximum absolute atomic E-state index is 5.81. The quantitative estimate of drug-likeness (QED) is 0.265. The van der Waals surface area contributed by atoms with Gasteiger partial charge in [0.15, 0.2) is 6.29 Å². The topological polar surface area (TPSA) is 36.9 Å². The van der Waals surface area contributed by atoms with Gasteiger partial charge in [0.1, 0.15) is 23.9 Å². The highest BCUT2D eigenvalue weighted by Gasteiger charge is 2.07. The first-order chi connectivity index (χ1) is 14.1. The Morgan fingerprint density at radius 2 is 1.28 bits per heavy atom. The zero-order valence-electron chi connectivity index (χ0n) is 18.4. The van der Waals surface area contributed by atoms with Crippen molar-refractivity contribution >= 4 is 0 Å². The Balaban J connectivity index is 1.63. The molecule has 0 aliphatic carbocycles. The zero-order chi connectivity index (χ0) is 20.9. The first kappa shape index (κ1) is 23.1. The molecule has 0 N–H and O–H groups in total. The average Bonchev–Trinajstić information content (AvgIpc) is 2.75. The summed E-state index contributed by atoms with van der Waals surface area (Å²) in [6.45, 7) is 10.2. The van der Waals surface area contributed by atoms with Crippen LogP contribution in [0, 0.1) is 0 Å². The summed E-state index contributed by atoms with van der Waals surface area (Å²) in [6, 6.07) is 16.0. The number of rotatable bonds is 14. The summed E-state index contributed by atoms with van der Waals surface area (Å²) in [4.78, 5) is 0. The Labute approximate surface area is 176 Å². The largest absolute Gasteiger partial charge is 0.494 e. The average molecular weight is 401 g/mol. The third-order valence-corrected chi connectivity index (χ3v) is 4.91. The van der Waals surface area contributed by atoms with Gasteiger partial charge in [0, 0.05) is 0 Å². The van der Waals surface area contributed by atoms with Crippen molar-refractivity contribution in [1.29, 1.82) is 0 Å². The fourth-order valence-corrected chi connectivity index (χ4v) is 2.88. The number of benzene rings is 2. The van der Waals surface area contributed by atoms with E-state index >= 15 is 0 Å². The third kappa shape index (κ3) is 8.78. The van der Waals surface area contributed by atoms with Gasteiger partial charge < -0.3 is 18.9 Å². The summed E-state index contributed by atoms with van der Waals surface area (Å²) in [5, 5.41) is 0. The van der Waals surface area contributed by atoms with Crippen molar-refractivity contribution in [1.82, 2.24) is 0 Å². The molecule has 160 valence electrons. The minimum Gasteiger partial charge on any atom is -0.494 e. The van der Waals surface area contributed by atoms with E-state index in [0.717, 1.165) is 36.7 Å². The van der Waals surface area contributed by atoms with Crippen molar-refractivity contribution in [3.8, 4) is 17.2 Å². The number of unbranched alkanes of at least 4 members (excludes halogenated alkanes) is 2. The van der Waals surface area contributed by atoms with Crippen molar-refractivity contribution in [3.63, 3.8) is 0 Å². The van der Waals surface area contributed by atoms with Gasteiger partial charge in [-0.1, -0.05) is 45.7 Å². The highest BCUT2D eigenvalue weighted by atomic mass is 16.7. The molecule has 0 aliphatic heterocycles. The second-order valence-electron chi connectivity index (χ2n) is 7.31. The highest BCUT2D eigenvalue weighted by molar-refractivity contribution is 5.31. The Hall–Kier alpha value is -2.20. The van der Waals surface area contributed by atoms with Crippen molar-refractivity contribution in [3.05, 3.63) is 54.1 Å². The molecule has 0 heterocycles. The van der Waals surface area contributed by atoms with Crippen LogP contribution in [0.1, 0.15) is 64.9 Å². The molecule has 0 radical (unpaired) electrons. The van der Waals surface area contributed by atoms with Crippen LogP contribution in [0.3, 0.4) is 0 Å². The van der Waals surface area contributed by atoms with Crippen LogP contribution < -0.4 is 14.2 Å². The molecule has 2 unspecified atom stereocenters. The molecule has 0 aromatic heterocycles. The molecule has 0 saturated carbocycles. The number of hydrogen-bond donors (Lipinski definition) is 0. The van der Waals surface area contributed by atoms with Crippen molar-refractivity contribution in [2.45, 2.75) is 65.6 Å². The second-order valence-corrected chi connectivity index (χ2v) is 7.31. The lowest BCUT2D eigenvalue weighted by Gasteiger charge is -2.17. The Kier molecular flexibility index (Phi) is 10.4. The summed E-state index contributed by atoms with van der Waals surface area (Å²) in [5.74, 6) is 3.08. The molecule has 29 heavy (non-hydrogen) atoms. The summed E-state index contributed by atoms with van der Waals surface area (Å²) in [7, 11) is 0. The van der Waals surface area contributed by atoms with Gasteiger partial charge in [0.2, 0.25) is 0 Å². The molecule has 2 aromatic rings. The lowest BCUT2D eigenvalue weighted by Crippen LogP contribution is -2.19. The van der Waals surface area contributed by atoms with Gasteiger partial charge in [-0.3, -0.25) is 0 Å². The third-order valence-electron chi connectivity index (χ3n) is 4.91. The summed E-state index contributed by atoms with van der Waals surface area (Å²) >= 11 is 0. The molecule has 0 aliphatic rings. The Morgan fingerprint density at radius 3 is 1.86 bits per heavy atom. The molecular formula is C25H36O4. The molecule has 0 fully saturated rings. The molecule has 4 nitrogen and oxygen atoms in total. The number of ether oxygens (including phenoxy) is 4. The molecule has 2 rings (SSSR count). The van der Waals surface area contributed by atoms with Crippen molar-refractivity contribution < 1.29 is 18.9 Å². The molecule has 0 amide bonds. The number of hydrogen-bond acceptors (Lipinski definition) is 4. The molecule has 0 bridgehead atoms. The van der Waals surface area contributed by atoms with Gasteiger partial charge >= 0.3 is 0 Å². The summed E-state index contributed by atoms with van der Waals surface area (Å²) < 4.78 is 22.9. The smallest absolute Gasteiger partial charge is 0.197 e. The van der Waals surface area contributed by atoms with Gasteiger partial charge in [-0.15, -0.1) is 0 Å². The Bertz CT molecular complexity index is 666. The molecule has 0 spiro atoms.